The van der Waals surface area contributed by atoms with Crippen LogP contribution in [0.5, 0.6) is 17.2 Å². The van der Waals surface area contributed by atoms with Crippen LogP contribution in [0.1, 0.15) is 17.5 Å². The maximum Gasteiger partial charge on any atom is 0.244 e. The van der Waals surface area contributed by atoms with Crippen molar-refractivity contribution < 1.29 is 19.0 Å². The first-order chi connectivity index (χ1) is 12.6. The van der Waals surface area contributed by atoms with Crippen molar-refractivity contribution in [1.82, 2.24) is 5.32 Å². The Bertz CT molecular complexity index is 733. The summed E-state index contributed by atoms with van der Waals surface area (Å²) in [6, 6.07) is 13.4. The zero-order chi connectivity index (χ0) is 18.8. The van der Waals surface area contributed by atoms with Crippen LogP contribution in [0.3, 0.4) is 0 Å². The van der Waals surface area contributed by atoms with Gasteiger partial charge in [-0.25, -0.2) is 0 Å². The fraction of sp³-hybridized carbons (Fsp3) is 0.286. The van der Waals surface area contributed by atoms with Gasteiger partial charge in [0.15, 0.2) is 0 Å². The molecular formula is C21H25NO4. The van der Waals surface area contributed by atoms with Gasteiger partial charge in [-0.15, -0.1) is 0 Å². The van der Waals surface area contributed by atoms with Crippen molar-refractivity contribution in [1.29, 1.82) is 0 Å². The van der Waals surface area contributed by atoms with Crippen LogP contribution < -0.4 is 19.5 Å². The summed E-state index contributed by atoms with van der Waals surface area (Å²) in [4.78, 5) is 11.9. The second kappa shape index (κ2) is 10.1. The van der Waals surface area contributed by atoms with Gasteiger partial charge in [0.1, 0.15) is 17.2 Å². The number of benzene rings is 2. The van der Waals surface area contributed by atoms with Crippen molar-refractivity contribution >= 4 is 12.0 Å². The van der Waals surface area contributed by atoms with Crippen LogP contribution in [-0.2, 0) is 4.79 Å². The Morgan fingerprint density at radius 2 is 1.77 bits per heavy atom. The molecule has 1 amide bonds. The predicted octanol–water partition coefficient (Wildman–Crippen LogP) is 3.61. The van der Waals surface area contributed by atoms with Crippen LogP contribution in [0.4, 0.5) is 0 Å². The first kappa shape index (κ1) is 19.4. The van der Waals surface area contributed by atoms with Gasteiger partial charge >= 0.3 is 0 Å². The van der Waals surface area contributed by atoms with Crippen LogP contribution in [0.15, 0.2) is 48.5 Å². The van der Waals surface area contributed by atoms with Crippen LogP contribution in [-0.4, -0.2) is 33.3 Å². The topological polar surface area (TPSA) is 56.8 Å². The summed E-state index contributed by atoms with van der Waals surface area (Å²) >= 11 is 0. The van der Waals surface area contributed by atoms with E-state index in [1.165, 1.54) is 6.08 Å². The molecule has 0 saturated heterocycles. The second-order valence-electron chi connectivity index (χ2n) is 5.79. The van der Waals surface area contributed by atoms with Crippen LogP contribution in [0, 0.1) is 6.92 Å². The monoisotopic (exact) mass is 355 g/mol. The Hall–Kier alpha value is -2.95. The average molecular weight is 355 g/mol. The number of methoxy groups -OCH3 is 2. The number of hydrogen-bond donors (Lipinski definition) is 1. The maximum atomic E-state index is 11.9. The molecule has 0 bridgehead atoms. The van der Waals surface area contributed by atoms with E-state index in [1.807, 2.05) is 43.3 Å². The van der Waals surface area contributed by atoms with Crippen molar-refractivity contribution in [3.8, 4) is 17.2 Å². The third-order valence-corrected chi connectivity index (χ3v) is 3.68. The van der Waals surface area contributed by atoms with Crippen molar-refractivity contribution in [2.75, 3.05) is 27.4 Å². The molecule has 0 aliphatic rings. The molecule has 0 saturated carbocycles. The Labute approximate surface area is 154 Å². The summed E-state index contributed by atoms with van der Waals surface area (Å²) in [5.74, 6) is 2.06. The number of rotatable bonds is 9. The average Bonchev–Trinajstić information content (AvgIpc) is 2.65. The summed E-state index contributed by atoms with van der Waals surface area (Å²) in [5, 5.41) is 2.84. The lowest BCUT2D eigenvalue weighted by Crippen LogP contribution is -2.23. The molecule has 5 heteroatoms. The summed E-state index contributed by atoms with van der Waals surface area (Å²) in [6.07, 6.45) is 3.96. The van der Waals surface area contributed by atoms with E-state index in [-0.39, 0.29) is 5.91 Å². The highest BCUT2D eigenvalue weighted by molar-refractivity contribution is 5.91. The van der Waals surface area contributed by atoms with Gasteiger partial charge in [-0.3, -0.25) is 4.79 Å². The zero-order valence-corrected chi connectivity index (χ0v) is 15.5. The molecule has 0 heterocycles. The number of hydrogen-bond acceptors (Lipinski definition) is 4. The van der Waals surface area contributed by atoms with Crippen molar-refractivity contribution in [2.45, 2.75) is 13.3 Å². The third kappa shape index (κ3) is 6.51. The van der Waals surface area contributed by atoms with Crippen LogP contribution in [0.2, 0.25) is 0 Å². The molecule has 26 heavy (non-hydrogen) atoms. The minimum atomic E-state index is -0.151. The lowest BCUT2D eigenvalue weighted by Gasteiger charge is -2.07. The molecule has 0 fully saturated rings. The lowest BCUT2D eigenvalue weighted by molar-refractivity contribution is -0.116. The first-order valence-corrected chi connectivity index (χ1v) is 8.49. The Morgan fingerprint density at radius 3 is 2.42 bits per heavy atom. The molecule has 2 rings (SSSR count). The molecule has 1 N–H and O–H groups in total. The van der Waals surface area contributed by atoms with E-state index in [0.717, 1.165) is 23.3 Å². The second-order valence-corrected chi connectivity index (χ2v) is 5.79. The third-order valence-electron chi connectivity index (χ3n) is 3.68. The number of carbonyl (C=O) groups is 1. The van der Waals surface area contributed by atoms with Gasteiger partial charge in [-0.05, 0) is 54.8 Å². The summed E-state index contributed by atoms with van der Waals surface area (Å²) < 4.78 is 16.1. The lowest BCUT2D eigenvalue weighted by atomic mass is 10.2. The molecular weight excluding hydrogens is 330 g/mol. The fourth-order valence-corrected chi connectivity index (χ4v) is 2.34. The van der Waals surface area contributed by atoms with E-state index in [2.05, 4.69) is 5.32 Å². The summed E-state index contributed by atoms with van der Waals surface area (Å²) in [7, 11) is 3.18. The minimum absolute atomic E-state index is 0.151. The van der Waals surface area contributed by atoms with Gasteiger partial charge in [0.05, 0.1) is 20.8 Å². The molecule has 138 valence electrons. The minimum Gasteiger partial charge on any atom is -0.497 e. The highest BCUT2D eigenvalue weighted by Crippen LogP contribution is 2.23. The largest absolute Gasteiger partial charge is 0.497 e. The predicted molar refractivity (Wildman–Crippen MR) is 103 cm³/mol. The number of nitrogens with one attached hydrogen (secondary N) is 1. The number of aryl methyl sites for hydroxylation is 1. The molecule has 5 nitrogen and oxygen atoms in total. The smallest absolute Gasteiger partial charge is 0.244 e. The Morgan fingerprint density at radius 1 is 1.04 bits per heavy atom. The molecule has 2 aromatic rings. The molecule has 0 atom stereocenters. The summed E-state index contributed by atoms with van der Waals surface area (Å²) in [5.41, 5.74) is 1.99. The van der Waals surface area contributed by atoms with E-state index >= 15 is 0 Å². The van der Waals surface area contributed by atoms with Gasteiger partial charge in [-0.1, -0.05) is 12.1 Å². The van der Waals surface area contributed by atoms with Crippen LogP contribution >= 0.6 is 0 Å². The van der Waals surface area contributed by atoms with E-state index in [1.54, 1.807) is 26.4 Å². The van der Waals surface area contributed by atoms with Gasteiger partial charge in [0.2, 0.25) is 5.91 Å². The van der Waals surface area contributed by atoms with E-state index in [4.69, 9.17) is 14.2 Å². The number of carbonyl (C=O) groups excluding carboxylic acids is 1. The fourth-order valence-electron chi connectivity index (χ4n) is 2.34. The standard InChI is InChI=1S/C21H25NO4/c1-16-6-4-7-18(12-16)26-11-5-10-22-21(23)9-8-17-13-19(24-2)15-20(14-17)25-3/h4,6-9,12-15H,5,10-11H2,1-3H3,(H,22,23)/b9-8+. The first-order valence-electron chi connectivity index (χ1n) is 8.49. The number of ether oxygens (including phenoxy) is 3. The molecule has 0 aromatic heterocycles. The Kier molecular flexibility index (Phi) is 7.55. The van der Waals surface area contributed by atoms with E-state index < -0.39 is 0 Å². The molecule has 0 radical (unpaired) electrons. The normalized spacial score (nSPS) is 10.6. The summed E-state index contributed by atoms with van der Waals surface area (Å²) in [6.45, 7) is 3.13. The Balaban J connectivity index is 1.74. The SMILES string of the molecule is COc1cc(/C=C/C(=O)NCCCOc2cccc(C)c2)cc(OC)c1. The van der Waals surface area contributed by atoms with Crippen molar-refractivity contribution in [2.24, 2.45) is 0 Å². The van der Waals surface area contributed by atoms with Crippen molar-refractivity contribution in [3.05, 3.63) is 59.7 Å². The number of amides is 1. The quantitative estimate of drug-likeness (QED) is 0.551. The van der Waals surface area contributed by atoms with Crippen molar-refractivity contribution in [3.63, 3.8) is 0 Å². The van der Waals surface area contributed by atoms with Gasteiger partial charge in [-0.2, -0.15) is 0 Å². The highest BCUT2D eigenvalue weighted by atomic mass is 16.5. The van der Waals surface area contributed by atoms with Gasteiger partial charge in [0.25, 0.3) is 0 Å². The van der Waals surface area contributed by atoms with E-state index in [0.29, 0.717) is 24.7 Å². The van der Waals surface area contributed by atoms with Gasteiger partial charge in [0, 0.05) is 18.7 Å². The molecule has 2 aromatic carbocycles. The molecule has 0 spiro atoms. The van der Waals surface area contributed by atoms with Gasteiger partial charge < -0.3 is 19.5 Å². The highest BCUT2D eigenvalue weighted by Gasteiger charge is 2.01. The molecule has 0 aliphatic carbocycles. The molecule has 0 unspecified atom stereocenters. The van der Waals surface area contributed by atoms with Crippen LogP contribution in [0.25, 0.3) is 6.08 Å². The molecule has 0 aliphatic heterocycles. The van der Waals surface area contributed by atoms with E-state index in [9.17, 15) is 4.79 Å². The zero-order valence-electron chi connectivity index (χ0n) is 15.5. The maximum absolute atomic E-state index is 11.9.